The minimum atomic E-state index is -0.0823. The van der Waals surface area contributed by atoms with Gasteiger partial charge in [0.25, 0.3) is 0 Å². The molecule has 32 heavy (non-hydrogen) atoms. The van der Waals surface area contributed by atoms with Crippen LogP contribution in [0.4, 0.5) is 0 Å². The molecule has 0 saturated carbocycles. The van der Waals surface area contributed by atoms with Gasteiger partial charge >= 0.3 is 5.97 Å². The van der Waals surface area contributed by atoms with Crippen LogP contribution in [0.2, 0.25) is 0 Å². The zero-order valence-electron chi connectivity index (χ0n) is 20.9. The van der Waals surface area contributed by atoms with Crippen LogP contribution in [-0.4, -0.2) is 19.2 Å². The number of hydrogen-bond donors (Lipinski definition) is 0. The number of esters is 1. The van der Waals surface area contributed by atoms with E-state index < -0.39 is 0 Å². The molecule has 2 aromatic rings. The van der Waals surface area contributed by atoms with Gasteiger partial charge in [0.1, 0.15) is 5.75 Å². The first kappa shape index (κ1) is 26.0. The largest absolute Gasteiger partial charge is 0.494 e. The van der Waals surface area contributed by atoms with Crippen molar-refractivity contribution < 1.29 is 14.3 Å². The van der Waals surface area contributed by atoms with Crippen LogP contribution in [0.5, 0.6) is 5.75 Å². The van der Waals surface area contributed by atoms with Crippen LogP contribution in [-0.2, 0) is 9.53 Å². The summed E-state index contributed by atoms with van der Waals surface area (Å²) in [6, 6.07) is 18.6. The zero-order chi connectivity index (χ0) is 23.6. The van der Waals surface area contributed by atoms with E-state index in [1.54, 1.807) is 0 Å². The highest BCUT2D eigenvalue weighted by Gasteiger charge is 2.35. The molecule has 3 heteroatoms. The quantitative estimate of drug-likeness (QED) is 0.264. The molecule has 0 saturated heterocycles. The molecule has 0 N–H and O–H groups in total. The molecule has 0 aliphatic heterocycles. The molecule has 0 bridgehead atoms. The van der Waals surface area contributed by atoms with E-state index in [1.165, 1.54) is 11.1 Å². The third-order valence-corrected chi connectivity index (χ3v) is 5.66. The van der Waals surface area contributed by atoms with Crippen LogP contribution >= 0.6 is 0 Å². The van der Waals surface area contributed by atoms with Gasteiger partial charge in [0.05, 0.1) is 19.1 Å². The second-order valence-corrected chi connectivity index (χ2v) is 11.0. The lowest BCUT2D eigenvalue weighted by atomic mass is 9.72. The average molecular weight is 439 g/mol. The zero-order valence-corrected chi connectivity index (χ0v) is 20.9. The molecule has 2 aromatic carbocycles. The fourth-order valence-corrected chi connectivity index (χ4v) is 3.75. The topological polar surface area (TPSA) is 35.5 Å². The summed E-state index contributed by atoms with van der Waals surface area (Å²) in [6.45, 7) is 14.1. The Morgan fingerprint density at radius 3 is 1.88 bits per heavy atom. The molecular weight excluding hydrogens is 396 g/mol. The third kappa shape index (κ3) is 9.46. The number of ether oxygens (including phenoxy) is 2. The number of benzene rings is 2. The van der Waals surface area contributed by atoms with E-state index in [2.05, 4.69) is 77.9 Å². The van der Waals surface area contributed by atoms with Crippen molar-refractivity contribution in [3.63, 3.8) is 0 Å². The fourth-order valence-electron chi connectivity index (χ4n) is 3.75. The standard InChI is InChI=1S/C29H42O3/c1-28(2,3)22-26(29(4,5)6)27(30)32-21-13-8-7-12-20-31-25-18-16-24(17-19-25)23-14-10-9-11-15-23/h9-11,14-19,26H,7-8,12-13,20-22H2,1-6H3. The molecule has 0 spiro atoms. The van der Waals surface area contributed by atoms with Gasteiger partial charge in [0.15, 0.2) is 0 Å². The third-order valence-electron chi connectivity index (χ3n) is 5.66. The number of carbonyl (C=O) groups excluding carboxylic acids is 1. The predicted octanol–water partition coefficient (Wildman–Crippen LogP) is 7.93. The summed E-state index contributed by atoms with van der Waals surface area (Å²) >= 11 is 0. The molecule has 1 atom stereocenters. The maximum atomic E-state index is 12.6. The molecule has 0 amide bonds. The summed E-state index contributed by atoms with van der Waals surface area (Å²) in [5.41, 5.74) is 2.44. The van der Waals surface area contributed by atoms with E-state index >= 15 is 0 Å². The average Bonchev–Trinajstić information content (AvgIpc) is 2.73. The highest BCUT2D eigenvalue weighted by Crippen LogP contribution is 2.36. The van der Waals surface area contributed by atoms with Crippen molar-refractivity contribution in [3.05, 3.63) is 54.6 Å². The Hall–Kier alpha value is -2.29. The van der Waals surface area contributed by atoms with Gasteiger partial charge in [-0.05, 0) is 66.2 Å². The van der Waals surface area contributed by atoms with Gasteiger partial charge in [-0.25, -0.2) is 0 Å². The van der Waals surface area contributed by atoms with Gasteiger partial charge in [-0.3, -0.25) is 4.79 Å². The molecule has 176 valence electrons. The molecule has 0 aliphatic carbocycles. The lowest BCUT2D eigenvalue weighted by Gasteiger charge is -2.33. The Bertz CT molecular complexity index is 795. The molecule has 0 heterocycles. The summed E-state index contributed by atoms with van der Waals surface area (Å²) in [4.78, 5) is 12.6. The van der Waals surface area contributed by atoms with Crippen LogP contribution in [0, 0.1) is 16.7 Å². The highest BCUT2D eigenvalue weighted by molar-refractivity contribution is 5.73. The number of hydrogen-bond acceptors (Lipinski definition) is 3. The Balaban J connectivity index is 1.60. The first-order chi connectivity index (χ1) is 15.1. The Morgan fingerprint density at radius 1 is 0.750 bits per heavy atom. The summed E-state index contributed by atoms with van der Waals surface area (Å²) in [7, 11) is 0. The Morgan fingerprint density at radius 2 is 1.31 bits per heavy atom. The molecule has 2 rings (SSSR count). The summed E-state index contributed by atoms with van der Waals surface area (Å²) < 4.78 is 11.5. The number of rotatable bonds is 11. The summed E-state index contributed by atoms with van der Waals surface area (Å²) in [5.74, 6) is 0.796. The molecule has 3 nitrogen and oxygen atoms in total. The molecule has 0 aromatic heterocycles. The van der Waals surface area contributed by atoms with Crippen molar-refractivity contribution in [2.75, 3.05) is 13.2 Å². The maximum Gasteiger partial charge on any atom is 0.309 e. The SMILES string of the molecule is CC(C)(C)CC(C(=O)OCCCCCCOc1ccc(-c2ccccc2)cc1)C(C)(C)C. The van der Waals surface area contributed by atoms with Crippen molar-refractivity contribution in [2.45, 2.75) is 73.6 Å². The van der Waals surface area contributed by atoms with E-state index in [9.17, 15) is 4.79 Å². The minimum Gasteiger partial charge on any atom is -0.494 e. The smallest absolute Gasteiger partial charge is 0.309 e. The molecule has 0 radical (unpaired) electrons. The predicted molar refractivity (Wildman–Crippen MR) is 134 cm³/mol. The number of unbranched alkanes of at least 4 members (excludes halogenated alkanes) is 3. The van der Waals surface area contributed by atoms with Gasteiger partial charge in [0, 0.05) is 0 Å². The van der Waals surface area contributed by atoms with E-state index in [0.29, 0.717) is 13.2 Å². The van der Waals surface area contributed by atoms with Gasteiger partial charge in [-0.15, -0.1) is 0 Å². The second kappa shape index (κ2) is 12.1. The second-order valence-electron chi connectivity index (χ2n) is 11.0. The van der Waals surface area contributed by atoms with E-state index in [1.807, 2.05) is 18.2 Å². The Kier molecular flexibility index (Phi) is 9.81. The molecule has 0 aliphatic rings. The lowest BCUT2D eigenvalue weighted by Crippen LogP contribution is -2.33. The summed E-state index contributed by atoms with van der Waals surface area (Å²) in [5, 5.41) is 0. The van der Waals surface area contributed by atoms with Crippen molar-refractivity contribution in [1.29, 1.82) is 0 Å². The van der Waals surface area contributed by atoms with E-state index in [-0.39, 0.29) is 22.7 Å². The Labute approximate surface area is 195 Å². The number of carbonyl (C=O) groups is 1. The van der Waals surface area contributed by atoms with Crippen LogP contribution < -0.4 is 4.74 Å². The van der Waals surface area contributed by atoms with Gasteiger partial charge in [0.2, 0.25) is 0 Å². The lowest BCUT2D eigenvalue weighted by molar-refractivity contribution is -0.154. The van der Waals surface area contributed by atoms with E-state index in [0.717, 1.165) is 37.9 Å². The minimum absolute atomic E-state index is 0.0466. The monoisotopic (exact) mass is 438 g/mol. The first-order valence-electron chi connectivity index (χ1n) is 12.0. The highest BCUT2D eigenvalue weighted by atomic mass is 16.5. The van der Waals surface area contributed by atoms with Crippen molar-refractivity contribution in [1.82, 2.24) is 0 Å². The first-order valence-corrected chi connectivity index (χ1v) is 12.0. The van der Waals surface area contributed by atoms with Crippen molar-refractivity contribution in [3.8, 4) is 16.9 Å². The van der Waals surface area contributed by atoms with Crippen molar-refractivity contribution in [2.24, 2.45) is 16.7 Å². The fraction of sp³-hybridized carbons (Fsp3) is 0.552. The maximum absolute atomic E-state index is 12.6. The van der Waals surface area contributed by atoms with Crippen LogP contribution in [0.3, 0.4) is 0 Å². The molecule has 1 unspecified atom stereocenters. The van der Waals surface area contributed by atoms with Crippen LogP contribution in [0.1, 0.15) is 73.6 Å². The van der Waals surface area contributed by atoms with Crippen LogP contribution in [0.15, 0.2) is 54.6 Å². The molecular formula is C29H42O3. The van der Waals surface area contributed by atoms with Gasteiger partial charge in [-0.2, -0.15) is 0 Å². The van der Waals surface area contributed by atoms with Gasteiger partial charge < -0.3 is 9.47 Å². The normalized spacial score (nSPS) is 12.9. The van der Waals surface area contributed by atoms with Crippen LogP contribution in [0.25, 0.3) is 11.1 Å². The van der Waals surface area contributed by atoms with Crippen molar-refractivity contribution >= 4 is 5.97 Å². The molecule has 0 fully saturated rings. The summed E-state index contributed by atoms with van der Waals surface area (Å²) in [6.07, 6.45) is 4.87. The van der Waals surface area contributed by atoms with E-state index in [4.69, 9.17) is 9.47 Å². The van der Waals surface area contributed by atoms with Gasteiger partial charge in [-0.1, -0.05) is 84.0 Å².